The van der Waals surface area contributed by atoms with Crippen LogP contribution in [0.25, 0.3) is 0 Å². The summed E-state index contributed by atoms with van der Waals surface area (Å²) in [7, 11) is 1.15. The zero-order chi connectivity index (χ0) is 11.4. The molecule has 1 rings (SSSR count). The summed E-state index contributed by atoms with van der Waals surface area (Å²) in [5.41, 5.74) is -0.211. The second kappa shape index (κ2) is 4.54. The maximum absolute atomic E-state index is 11.1. The number of aromatic nitrogens is 2. The van der Waals surface area contributed by atoms with Gasteiger partial charge in [0.2, 0.25) is 5.69 Å². The first-order valence-corrected chi connectivity index (χ1v) is 4.41. The van der Waals surface area contributed by atoms with Crippen molar-refractivity contribution < 1.29 is 14.5 Å². The van der Waals surface area contributed by atoms with Gasteiger partial charge in [-0.3, -0.25) is 15.2 Å². The Morgan fingerprint density at radius 3 is 2.80 bits per heavy atom. The molecule has 0 aliphatic rings. The summed E-state index contributed by atoms with van der Waals surface area (Å²) in [5, 5.41) is 16.8. The van der Waals surface area contributed by atoms with Gasteiger partial charge >= 0.3 is 11.7 Å². The van der Waals surface area contributed by atoms with Crippen LogP contribution >= 0.6 is 0 Å². The molecule has 0 aliphatic heterocycles. The number of rotatable bonds is 4. The Labute approximate surface area is 85.6 Å². The summed E-state index contributed by atoms with van der Waals surface area (Å²) in [4.78, 5) is 21.3. The van der Waals surface area contributed by atoms with Crippen molar-refractivity contribution in [1.82, 2.24) is 10.2 Å². The molecule has 0 aliphatic carbocycles. The largest absolute Gasteiger partial charge is 0.464 e. The Bertz CT molecular complexity index is 385. The molecule has 0 radical (unpaired) electrons. The van der Waals surface area contributed by atoms with E-state index in [1.165, 1.54) is 0 Å². The second-order valence-corrected chi connectivity index (χ2v) is 2.90. The van der Waals surface area contributed by atoms with E-state index in [9.17, 15) is 14.9 Å². The normalized spacial score (nSPS) is 10.0. The maximum atomic E-state index is 11.1. The Kier molecular flexibility index (Phi) is 3.37. The lowest BCUT2D eigenvalue weighted by Crippen LogP contribution is -2.05. The summed E-state index contributed by atoms with van der Waals surface area (Å²) in [6.07, 6.45) is 1.20. The average molecular weight is 213 g/mol. The molecule has 0 bridgehead atoms. The number of nitrogens with one attached hydrogen (secondary N) is 1. The van der Waals surface area contributed by atoms with Gasteiger partial charge in [-0.25, -0.2) is 4.79 Å². The van der Waals surface area contributed by atoms with Gasteiger partial charge in [0, 0.05) is 0 Å². The van der Waals surface area contributed by atoms with Crippen molar-refractivity contribution >= 4 is 11.7 Å². The van der Waals surface area contributed by atoms with Crippen molar-refractivity contribution in [1.29, 1.82) is 0 Å². The van der Waals surface area contributed by atoms with Gasteiger partial charge in [0.25, 0.3) is 0 Å². The molecule has 0 saturated carbocycles. The van der Waals surface area contributed by atoms with E-state index >= 15 is 0 Å². The highest BCUT2D eigenvalue weighted by molar-refractivity contribution is 5.92. The molecule has 0 saturated heterocycles. The quantitative estimate of drug-likeness (QED) is 0.458. The molecule has 1 aromatic heterocycles. The van der Waals surface area contributed by atoms with Crippen LogP contribution < -0.4 is 0 Å². The van der Waals surface area contributed by atoms with Crippen molar-refractivity contribution in [2.45, 2.75) is 19.8 Å². The van der Waals surface area contributed by atoms with Crippen LogP contribution in [0.15, 0.2) is 0 Å². The molecule has 0 amide bonds. The van der Waals surface area contributed by atoms with E-state index in [0.29, 0.717) is 12.1 Å². The molecule has 0 atom stereocenters. The number of nitrogens with zero attached hydrogens (tertiary/aromatic N) is 2. The van der Waals surface area contributed by atoms with E-state index < -0.39 is 10.9 Å². The number of carbonyl (C=O) groups is 1. The zero-order valence-corrected chi connectivity index (χ0v) is 8.44. The van der Waals surface area contributed by atoms with E-state index in [-0.39, 0.29) is 11.4 Å². The van der Waals surface area contributed by atoms with Gasteiger partial charge in [0.15, 0.2) is 0 Å². The maximum Gasteiger partial charge on any atom is 0.365 e. The Morgan fingerprint density at radius 2 is 2.33 bits per heavy atom. The fraction of sp³-hybridized carbons (Fsp3) is 0.500. The molecule has 15 heavy (non-hydrogen) atoms. The van der Waals surface area contributed by atoms with Gasteiger partial charge in [-0.05, 0) is 6.42 Å². The molecule has 82 valence electrons. The predicted octanol–water partition coefficient (Wildman–Crippen LogP) is 1.06. The number of methoxy groups -OCH3 is 1. The summed E-state index contributed by atoms with van der Waals surface area (Å²) in [5.74, 6) is -0.805. The van der Waals surface area contributed by atoms with Gasteiger partial charge in [-0.1, -0.05) is 13.3 Å². The van der Waals surface area contributed by atoms with Gasteiger partial charge < -0.3 is 4.74 Å². The van der Waals surface area contributed by atoms with Gasteiger partial charge in [-0.2, -0.15) is 5.10 Å². The molecule has 1 N–H and O–H groups in total. The summed E-state index contributed by atoms with van der Waals surface area (Å²) in [6, 6.07) is 0. The summed E-state index contributed by atoms with van der Waals surface area (Å²) < 4.78 is 4.39. The first-order chi connectivity index (χ1) is 7.11. The monoisotopic (exact) mass is 213 g/mol. The topological polar surface area (TPSA) is 98.1 Å². The molecule has 0 unspecified atom stereocenters. The van der Waals surface area contributed by atoms with Crippen LogP contribution in [0.4, 0.5) is 5.69 Å². The second-order valence-electron chi connectivity index (χ2n) is 2.90. The Hall–Kier alpha value is -1.92. The van der Waals surface area contributed by atoms with Gasteiger partial charge in [0.1, 0.15) is 5.69 Å². The van der Waals surface area contributed by atoms with E-state index in [1.807, 2.05) is 6.92 Å². The van der Waals surface area contributed by atoms with Crippen LogP contribution in [0.2, 0.25) is 0 Å². The van der Waals surface area contributed by atoms with Crippen molar-refractivity contribution in [2.75, 3.05) is 7.11 Å². The number of aryl methyl sites for hydroxylation is 1. The molecule has 7 heteroatoms. The van der Waals surface area contributed by atoms with Gasteiger partial charge in [-0.15, -0.1) is 0 Å². The van der Waals surface area contributed by atoms with Crippen LogP contribution in [-0.2, 0) is 11.2 Å². The molecule has 0 spiro atoms. The molecule has 0 fully saturated rings. The van der Waals surface area contributed by atoms with Crippen LogP contribution in [0.1, 0.15) is 29.5 Å². The van der Waals surface area contributed by atoms with Crippen molar-refractivity contribution in [3.63, 3.8) is 0 Å². The third kappa shape index (κ3) is 2.12. The summed E-state index contributed by atoms with van der Waals surface area (Å²) in [6.45, 7) is 1.88. The molecule has 1 aromatic rings. The number of hydrogen-bond acceptors (Lipinski definition) is 5. The molecular formula is C8H11N3O4. The van der Waals surface area contributed by atoms with Crippen LogP contribution in [0, 0.1) is 10.1 Å². The standard InChI is InChI=1S/C8H11N3O4/c1-3-4-5-7(11(13)14)6(10-9-5)8(12)15-2/h3-4H2,1-2H3,(H,9,10). The fourth-order valence-corrected chi connectivity index (χ4v) is 1.23. The predicted molar refractivity (Wildman–Crippen MR) is 50.6 cm³/mol. The first-order valence-electron chi connectivity index (χ1n) is 4.41. The van der Waals surface area contributed by atoms with Crippen molar-refractivity contribution in [3.8, 4) is 0 Å². The van der Waals surface area contributed by atoms with E-state index in [1.54, 1.807) is 0 Å². The van der Waals surface area contributed by atoms with Crippen molar-refractivity contribution in [3.05, 3.63) is 21.5 Å². The number of ether oxygens (including phenoxy) is 1. The smallest absolute Gasteiger partial charge is 0.365 e. The van der Waals surface area contributed by atoms with E-state index in [2.05, 4.69) is 14.9 Å². The number of H-pyrrole nitrogens is 1. The highest BCUT2D eigenvalue weighted by Crippen LogP contribution is 2.22. The zero-order valence-electron chi connectivity index (χ0n) is 8.44. The number of carbonyl (C=O) groups excluding carboxylic acids is 1. The van der Waals surface area contributed by atoms with E-state index in [0.717, 1.165) is 13.5 Å². The van der Waals surface area contributed by atoms with E-state index in [4.69, 9.17) is 0 Å². The molecule has 0 aromatic carbocycles. The molecular weight excluding hydrogens is 202 g/mol. The molecule has 1 heterocycles. The fourth-order valence-electron chi connectivity index (χ4n) is 1.23. The minimum atomic E-state index is -0.805. The summed E-state index contributed by atoms with van der Waals surface area (Å²) >= 11 is 0. The highest BCUT2D eigenvalue weighted by atomic mass is 16.6. The number of esters is 1. The number of hydrogen-bond donors (Lipinski definition) is 1. The van der Waals surface area contributed by atoms with Crippen molar-refractivity contribution in [2.24, 2.45) is 0 Å². The van der Waals surface area contributed by atoms with Crippen LogP contribution in [0.3, 0.4) is 0 Å². The van der Waals surface area contributed by atoms with Crippen LogP contribution in [0.5, 0.6) is 0 Å². The first kappa shape index (κ1) is 11.2. The lowest BCUT2D eigenvalue weighted by molar-refractivity contribution is -0.385. The number of nitro groups is 1. The SMILES string of the molecule is CCCc1[nH]nc(C(=O)OC)c1[N+](=O)[O-]. The minimum Gasteiger partial charge on any atom is -0.464 e. The lowest BCUT2D eigenvalue weighted by atomic mass is 10.2. The average Bonchev–Trinajstić information content (AvgIpc) is 2.61. The minimum absolute atomic E-state index is 0.272. The Morgan fingerprint density at radius 1 is 1.67 bits per heavy atom. The third-order valence-corrected chi connectivity index (χ3v) is 1.87. The highest BCUT2D eigenvalue weighted by Gasteiger charge is 2.29. The number of aromatic amines is 1. The molecule has 7 nitrogen and oxygen atoms in total. The Balaban J connectivity index is 3.17. The van der Waals surface area contributed by atoms with Gasteiger partial charge in [0.05, 0.1) is 12.0 Å². The van der Waals surface area contributed by atoms with Crippen LogP contribution in [-0.4, -0.2) is 28.2 Å². The lowest BCUT2D eigenvalue weighted by Gasteiger charge is -1.95. The third-order valence-electron chi connectivity index (χ3n) is 1.87.